The Morgan fingerprint density at radius 2 is 2.12 bits per heavy atom. The summed E-state index contributed by atoms with van der Waals surface area (Å²) >= 11 is 15.2. The molecule has 17 heavy (non-hydrogen) atoms. The van der Waals surface area contributed by atoms with Gasteiger partial charge in [-0.15, -0.1) is 0 Å². The van der Waals surface area contributed by atoms with Crippen molar-refractivity contribution in [3.05, 3.63) is 50.2 Å². The molecule has 90 valence electrons. The zero-order chi connectivity index (χ0) is 12.6. The van der Waals surface area contributed by atoms with Gasteiger partial charge in [0.05, 0.1) is 16.4 Å². The van der Waals surface area contributed by atoms with Crippen LogP contribution in [0.5, 0.6) is 0 Å². The van der Waals surface area contributed by atoms with Gasteiger partial charge in [0.25, 0.3) is 0 Å². The van der Waals surface area contributed by atoms with Crippen molar-refractivity contribution >= 4 is 39.1 Å². The van der Waals surface area contributed by atoms with E-state index in [0.717, 1.165) is 4.47 Å². The minimum atomic E-state index is -0.846. The molecule has 1 N–H and O–H groups in total. The van der Waals surface area contributed by atoms with Crippen LogP contribution in [0.3, 0.4) is 0 Å². The third kappa shape index (κ3) is 2.50. The summed E-state index contributed by atoms with van der Waals surface area (Å²) < 4.78 is 2.33. The van der Waals surface area contributed by atoms with Crippen LogP contribution in [0.2, 0.25) is 10.0 Å². The Morgan fingerprint density at radius 3 is 2.65 bits per heavy atom. The monoisotopic (exact) mass is 334 g/mol. The number of nitrogens with zero attached hydrogens (tertiary/aromatic N) is 2. The molecule has 0 amide bonds. The number of aliphatic hydroxyl groups excluding tert-OH is 1. The quantitative estimate of drug-likeness (QED) is 0.911. The number of aromatic nitrogens is 2. The molecule has 0 aliphatic carbocycles. The molecule has 0 saturated carbocycles. The van der Waals surface area contributed by atoms with E-state index in [1.54, 1.807) is 36.1 Å². The van der Waals surface area contributed by atoms with Gasteiger partial charge in [-0.25, -0.2) is 0 Å². The van der Waals surface area contributed by atoms with Crippen molar-refractivity contribution in [1.29, 1.82) is 0 Å². The van der Waals surface area contributed by atoms with Gasteiger partial charge in [-0.3, -0.25) is 4.68 Å². The van der Waals surface area contributed by atoms with Gasteiger partial charge in [0.15, 0.2) is 0 Å². The second-order valence-electron chi connectivity index (χ2n) is 3.57. The molecule has 0 spiro atoms. The highest BCUT2D eigenvalue weighted by molar-refractivity contribution is 9.10. The number of aliphatic hydroxyl groups is 1. The van der Waals surface area contributed by atoms with Gasteiger partial charge in [-0.05, 0) is 28.1 Å². The first-order valence-electron chi connectivity index (χ1n) is 4.81. The van der Waals surface area contributed by atoms with E-state index in [0.29, 0.717) is 21.3 Å². The second kappa shape index (κ2) is 4.98. The molecule has 6 heteroatoms. The molecule has 0 radical (unpaired) electrons. The molecule has 3 nitrogen and oxygen atoms in total. The van der Waals surface area contributed by atoms with E-state index < -0.39 is 6.10 Å². The Hall–Kier alpha value is -0.550. The van der Waals surface area contributed by atoms with Gasteiger partial charge in [-0.1, -0.05) is 29.3 Å². The van der Waals surface area contributed by atoms with Crippen LogP contribution in [0.1, 0.15) is 17.4 Å². The van der Waals surface area contributed by atoms with Gasteiger partial charge < -0.3 is 5.11 Å². The molecule has 1 heterocycles. The van der Waals surface area contributed by atoms with Crippen LogP contribution in [0.4, 0.5) is 0 Å². The van der Waals surface area contributed by atoms with Gasteiger partial charge in [0.2, 0.25) is 0 Å². The molecule has 1 aromatic carbocycles. The van der Waals surface area contributed by atoms with Crippen molar-refractivity contribution < 1.29 is 5.11 Å². The molecule has 0 aliphatic heterocycles. The number of hydrogen-bond acceptors (Lipinski definition) is 2. The Labute approximate surface area is 117 Å². The fourth-order valence-corrected chi connectivity index (χ4v) is 2.68. The van der Waals surface area contributed by atoms with E-state index in [9.17, 15) is 5.11 Å². The third-order valence-corrected chi connectivity index (χ3v) is 3.63. The molecule has 1 aromatic heterocycles. The maximum absolute atomic E-state index is 10.3. The lowest BCUT2D eigenvalue weighted by molar-refractivity contribution is 0.209. The lowest BCUT2D eigenvalue weighted by atomic mass is 10.1. The third-order valence-electron chi connectivity index (χ3n) is 2.45. The van der Waals surface area contributed by atoms with Crippen molar-refractivity contribution in [2.75, 3.05) is 0 Å². The minimum Gasteiger partial charge on any atom is -0.382 e. The number of aryl methyl sites for hydroxylation is 1. The molecule has 2 rings (SSSR count). The largest absolute Gasteiger partial charge is 0.382 e. The highest BCUT2D eigenvalue weighted by atomic mass is 79.9. The lowest BCUT2D eigenvalue weighted by Gasteiger charge is -2.14. The highest BCUT2D eigenvalue weighted by Gasteiger charge is 2.20. The molecular formula is C11H9BrCl2N2O. The van der Waals surface area contributed by atoms with Crippen LogP contribution < -0.4 is 0 Å². The summed E-state index contributed by atoms with van der Waals surface area (Å²) in [5, 5.41) is 15.3. The first-order chi connectivity index (χ1) is 8.00. The molecular weight excluding hydrogens is 327 g/mol. The smallest absolute Gasteiger partial charge is 0.123 e. The van der Waals surface area contributed by atoms with Gasteiger partial charge in [0, 0.05) is 22.7 Å². The number of hydrogen-bond donors (Lipinski definition) is 1. The molecule has 1 unspecified atom stereocenters. The summed E-state index contributed by atoms with van der Waals surface area (Å²) in [7, 11) is 1.76. The van der Waals surface area contributed by atoms with Crippen LogP contribution in [0.25, 0.3) is 0 Å². The predicted molar refractivity (Wildman–Crippen MR) is 71.4 cm³/mol. The van der Waals surface area contributed by atoms with Crippen LogP contribution in [0.15, 0.2) is 28.9 Å². The molecule has 2 aromatic rings. The Bertz CT molecular complexity index is 537. The molecule has 0 aliphatic rings. The number of halogens is 3. The van der Waals surface area contributed by atoms with E-state index in [2.05, 4.69) is 21.0 Å². The van der Waals surface area contributed by atoms with E-state index in [4.69, 9.17) is 23.2 Å². The summed E-state index contributed by atoms with van der Waals surface area (Å²) in [5.41, 5.74) is 1.24. The van der Waals surface area contributed by atoms with Crippen molar-refractivity contribution in [3.8, 4) is 0 Å². The van der Waals surface area contributed by atoms with Crippen molar-refractivity contribution in [2.45, 2.75) is 6.10 Å². The standard InChI is InChI=1S/C11H9BrCl2N2O/c1-16-10(8(12)5-15-16)11(17)7-3-2-6(13)4-9(7)14/h2-5,11,17H,1H3. The Balaban J connectivity index is 2.47. The summed E-state index contributed by atoms with van der Waals surface area (Å²) in [6.07, 6.45) is 0.782. The van der Waals surface area contributed by atoms with E-state index in [-0.39, 0.29) is 0 Å². The normalized spacial score (nSPS) is 12.8. The zero-order valence-electron chi connectivity index (χ0n) is 8.86. The first-order valence-corrected chi connectivity index (χ1v) is 6.36. The molecule has 0 saturated heterocycles. The minimum absolute atomic E-state index is 0.429. The average molecular weight is 336 g/mol. The van der Waals surface area contributed by atoms with Crippen LogP contribution >= 0.6 is 39.1 Å². The fourth-order valence-electron chi connectivity index (χ4n) is 1.60. The maximum atomic E-state index is 10.3. The number of benzene rings is 1. The Morgan fingerprint density at radius 1 is 1.41 bits per heavy atom. The van der Waals surface area contributed by atoms with Crippen LogP contribution in [0, 0.1) is 0 Å². The summed E-state index contributed by atoms with van der Waals surface area (Å²) in [6, 6.07) is 5.00. The summed E-state index contributed by atoms with van der Waals surface area (Å²) in [5.74, 6) is 0. The highest BCUT2D eigenvalue weighted by Crippen LogP contribution is 2.33. The van der Waals surface area contributed by atoms with E-state index >= 15 is 0 Å². The first kappa shape index (κ1) is 12.9. The van der Waals surface area contributed by atoms with Crippen LogP contribution in [-0.4, -0.2) is 14.9 Å². The SMILES string of the molecule is Cn1ncc(Br)c1C(O)c1ccc(Cl)cc1Cl. The van der Waals surface area contributed by atoms with Crippen molar-refractivity contribution in [3.63, 3.8) is 0 Å². The summed E-state index contributed by atoms with van der Waals surface area (Å²) in [6.45, 7) is 0. The van der Waals surface area contributed by atoms with E-state index in [1.165, 1.54) is 0 Å². The summed E-state index contributed by atoms with van der Waals surface area (Å²) in [4.78, 5) is 0. The fraction of sp³-hybridized carbons (Fsp3) is 0.182. The lowest BCUT2D eigenvalue weighted by Crippen LogP contribution is -2.07. The number of rotatable bonds is 2. The van der Waals surface area contributed by atoms with Gasteiger partial charge in [0.1, 0.15) is 6.10 Å². The van der Waals surface area contributed by atoms with Crippen molar-refractivity contribution in [1.82, 2.24) is 9.78 Å². The topological polar surface area (TPSA) is 38.0 Å². The van der Waals surface area contributed by atoms with Gasteiger partial charge in [-0.2, -0.15) is 5.10 Å². The Kier molecular flexibility index (Phi) is 3.78. The molecule has 0 fully saturated rings. The van der Waals surface area contributed by atoms with Crippen molar-refractivity contribution in [2.24, 2.45) is 7.05 Å². The van der Waals surface area contributed by atoms with Gasteiger partial charge >= 0.3 is 0 Å². The second-order valence-corrected chi connectivity index (χ2v) is 5.27. The van der Waals surface area contributed by atoms with E-state index in [1.807, 2.05) is 0 Å². The zero-order valence-corrected chi connectivity index (χ0v) is 12.0. The predicted octanol–water partition coefficient (Wildman–Crippen LogP) is 3.57. The molecule has 0 bridgehead atoms. The maximum Gasteiger partial charge on any atom is 0.123 e. The van der Waals surface area contributed by atoms with Crippen LogP contribution in [-0.2, 0) is 7.05 Å². The molecule has 1 atom stereocenters. The average Bonchev–Trinajstić information content (AvgIpc) is 2.58.